The lowest BCUT2D eigenvalue weighted by Crippen LogP contribution is -2.40. The van der Waals surface area contributed by atoms with E-state index < -0.39 is 5.97 Å². The highest BCUT2D eigenvalue weighted by Crippen LogP contribution is 2.29. The van der Waals surface area contributed by atoms with Crippen LogP contribution in [-0.4, -0.2) is 40.9 Å². The number of nitrogens with one attached hydrogen (secondary N) is 1. The average molecular weight is 344 g/mol. The summed E-state index contributed by atoms with van der Waals surface area (Å²) in [7, 11) is 0. The predicted molar refractivity (Wildman–Crippen MR) is 93.3 cm³/mol. The number of carboxylic acids is 1. The number of nitrogens with zero attached hydrogens (tertiary/aromatic N) is 1. The number of piperidine rings is 1. The summed E-state index contributed by atoms with van der Waals surface area (Å²) in [5, 5.41) is 11.9. The first-order valence-electron chi connectivity index (χ1n) is 8.95. The third kappa shape index (κ3) is 4.38. The van der Waals surface area contributed by atoms with E-state index in [1.54, 1.807) is 29.2 Å². The van der Waals surface area contributed by atoms with E-state index in [0.29, 0.717) is 49.5 Å². The first-order valence-corrected chi connectivity index (χ1v) is 8.95. The van der Waals surface area contributed by atoms with Gasteiger partial charge in [0.25, 0.3) is 5.91 Å². The lowest BCUT2D eigenvalue weighted by atomic mass is 9.83. The molecule has 0 aromatic heterocycles. The third-order valence-corrected chi connectivity index (χ3v) is 5.25. The molecule has 6 heteroatoms. The second kappa shape index (κ2) is 7.68. The Labute approximate surface area is 147 Å². The molecule has 2 N–H and O–H groups in total. The van der Waals surface area contributed by atoms with Crippen molar-refractivity contribution in [3.63, 3.8) is 0 Å². The monoisotopic (exact) mass is 344 g/mol. The smallest absolute Gasteiger partial charge is 0.306 e. The van der Waals surface area contributed by atoms with Gasteiger partial charge in [-0.25, -0.2) is 0 Å². The zero-order chi connectivity index (χ0) is 17.8. The molecule has 1 saturated heterocycles. The predicted octanol–water partition coefficient (Wildman–Crippen LogP) is 2.75. The van der Waals surface area contributed by atoms with Gasteiger partial charge in [-0.3, -0.25) is 14.4 Å². The number of anilines is 1. The maximum atomic E-state index is 12.5. The Morgan fingerprint density at radius 3 is 2.20 bits per heavy atom. The molecule has 6 nitrogen and oxygen atoms in total. The van der Waals surface area contributed by atoms with Crippen molar-refractivity contribution in [3.8, 4) is 0 Å². The Morgan fingerprint density at radius 2 is 1.68 bits per heavy atom. The Kier molecular flexibility index (Phi) is 5.36. The summed E-state index contributed by atoms with van der Waals surface area (Å²) in [6.45, 7) is 0.936. The number of hydrogen-bond acceptors (Lipinski definition) is 3. The normalized spacial score (nSPS) is 18.5. The Balaban J connectivity index is 1.52. The minimum atomic E-state index is -0.783. The summed E-state index contributed by atoms with van der Waals surface area (Å²) in [6, 6.07) is 6.92. The van der Waals surface area contributed by atoms with Gasteiger partial charge in [0.05, 0.1) is 5.92 Å². The summed E-state index contributed by atoms with van der Waals surface area (Å²) in [4.78, 5) is 37.1. The number of carboxylic acid groups (broad SMARTS) is 1. The van der Waals surface area contributed by atoms with Gasteiger partial charge in [0.2, 0.25) is 5.91 Å². The molecule has 1 aromatic carbocycles. The number of amides is 2. The average Bonchev–Trinajstić information content (AvgIpc) is 2.58. The Morgan fingerprint density at radius 1 is 1.04 bits per heavy atom. The van der Waals surface area contributed by atoms with Crippen molar-refractivity contribution in [2.24, 2.45) is 11.8 Å². The molecule has 0 unspecified atom stereocenters. The van der Waals surface area contributed by atoms with E-state index in [0.717, 1.165) is 12.8 Å². The van der Waals surface area contributed by atoms with Crippen molar-refractivity contribution in [1.29, 1.82) is 0 Å². The molecule has 2 aliphatic rings. The highest BCUT2D eigenvalue weighted by atomic mass is 16.4. The zero-order valence-electron chi connectivity index (χ0n) is 14.2. The number of likely N-dealkylation sites (tertiary alicyclic amines) is 1. The van der Waals surface area contributed by atoms with Gasteiger partial charge in [0, 0.05) is 30.8 Å². The number of benzene rings is 1. The first kappa shape index (κ1) is 17.5. The van der Waals surface area contributed by atoms with E-state index in [1.807, 2.05) is 0 Å². The summed E-state index contributed by atoms with van der Waals surface area (Å²) >= 11 is 0. The largest absolute Gasteiger partial charge is 0.481 e. The van der Waals surface area contributed by atoms with Gasteiger partial charge < -0.3 is 15.3 Å². The molecule has 0 spiro atoms. The van der Waals surface area contributed by atoms with Gasteiger partial charge in [-0.05, 0) is 55.9 Å². The Bertz CT molecular complexity index is 644. The van der Waals surface area contributed by atoms with E-state index >= 15 is 0 Å². The van der Waals surface area contributed by atoms with E-state index in [1.165, 1.54) is 6.42 Å². The summed E-state index contributed by atoms with van der Waals surface area (Å²) in [5.74, 6) is -0.670. The van der Waals surface area contributed by atoms with Crippen LogP contribution in [0.25, 0.3) is 0 Å². The van der Waals surface area contributed by atoms with Crippen LogP contribution in [-0.2, 0) is 9.59 Å². The van der Waals surface area contributed by atoms with Crippen molar-refractivity contribution in [2.45, 2.75) is 38.5 Å². The molecule has 2 amide bonds. The quantitative estimate of drug-likeness (QED) is 0.860. The molecule has 0 radical (unpaired) electrons. The molecule has 1 aliphatic heterocycles. The van der Waals surface area contributed by atoms with Gasteiger partial charge in [0.1, 0.15) is 0 Å². The van der Waals surface area contributed by atoms with Crippen LogP contribution in [0.4, 0.5) is 5.69 Å². The maximum absolute atomic E-state index is 12.5. The fourth-order valence-corrected chi connectivity index (χ4v) is 3.38. The van der Waals surface area contributed by atoms with Crippen LogP contribution < -0.4 is 5.32 Å². The number of rotatable bonds is 5. The van der Waals surface area contributed by atoms with E-state index in [-0.39, 0.29) is 17.7 Å². The first-order chi connectivity index (χ1) is 12.0. The minimum absolute atomic E-state index is 0.0273. The summed E-state index contributed by atoms with van der Waals surface area (Å²) in [5.41, 5.74) is 1.26. The number of hydrogen-bond donors (Lipinski definition) is 2. The van der Waals surface area contributed by atoms with Crippen molar-refractivity contribution in [1.82, 2.24) is 4.90 Å². The van der Waals surface area contributed by atoms with Crippen LogP contribution in [0.1, 0.15) is 48.9 Å². The van der Waals surface area contributed by atoms with Gasteiger partial charge in [0.15, 0.2) is 0 Å². The molecule has 0 atom stereocenters. The van der Waals surface area contributed by atoms with E-state index in [4.69, 9.17) is 5.11 Å². The number of aliphatic carboxylic acids is 1. The molecular weight excluding hydrogens is 320 g/mol. The second-order valence-corrected chi connectivity index (χ2v) is 7.03. The molecule has 2 fully saturated rings. The molecule has 0 bridgehead atoms. The minimum Gasteiger partial charge on any atom is -0.481 e. The standard InChI is InChI=1S/C19H24N2O4/c22-17(12-13-2-1-3-13)20-16-6-4-14(5-7-16)18(23)21-10-8-15(9-11-21)19(24)25/h4-7,13,15H,1-3,8-12H2,(H,20,22)(H,24,25). The fraction of sp³-hybridized carbons (Fsp3) is 0.526. The van der Waals surface area contributed by atoms with Gasteiger partial charge in [-0.2, -0.15) is 0 Å². The van der Waals surface area contributed by atoms with Crippen molar-refractivity contribution >= 4 is 23.5 Å². The van der Waals surface area contributed by atoms with Crippen LogP contribution in [0.3, 0.4) is 0 Å². The molecular formula is C19H24N2O4. The van der Waals surface area contributed by atoms with Gasteiger partial charge in [-0.1, -0.05) is 6.42 Å². The molecule has 1 aromatic rings. The van der Waals surface area contributed by atoms with Crippen molar-refractivity contribution < 1.29 is 19.5 Å². The topological polar surface area (TPSA) is 86.7 Å². The second-order valence-electron chi connectivity index (χ2n) is 7.03. The van der Waals surface area contributed by atoms with Crippen LogP contribution in [0.5, 0.6) is 0 Å². The van der Waals surface area contributed by atoms with Crippen LogP contribution in [0, 0.1) is 11.8 Å². The molecule has 1 aliphatic carbocycles. The molecule has 3 rings (SSSR count). The fourth-order valence-electron chi connectivity index (χ4n) is 3.38. The highest BCUT2D eigenvalue weighted by molar-refractivity contribution is 5.96. The molecule has 134 valence electrons. The SMILES string of the molecule is O=C(CC1CCC1)Nc1ccc(C(=O)N2CCC(C(=O)O)CC2)cc1. The molecule has 1 heterocycles. The highest BCUT2D eigenvalue weighted by Gasteiger charge is 2.27. The van der Waals surface area contributed by atoms with Crippen LogP contribution in [0.15, 0.2) is 24.3 Å². The lowest BCUT2D eigenvalue weighted by Gasteiger charge is -2.30. The molecule has 25 heavy (non-hydrogen) atoms. The third-order valence-electron chi connectivity index (χ3n) is 5.25. The Hall–Kier alpha value is -2.37. The molecule has 1 saturated carbocycles. The number of carbonyl (C=O) groups excluding carboxylic acids is 2. The van der Waals surface area contributed by atoms with Crippen LogP contribution >= 0.6 is 0 Å². The zero-order valence-corrected chi connectivity index (χ0v) is 14.2. The lowest BCUT2D eigenvalue weighted by molar-refractivity contribution is -0.143. The van der Waals surface area contributed by atoms with Crippen LogP contribution in [0.2, 0.25) is 0 Å². The number of carbonyl (C=O) groups is 3. The summed E-state index contributed by atoms with van der Waals surface area (Å²) in [6.07, 6.45) is 5.06. The van der Waals surface area contributed by atoms with Gasteiger partial charge >= 0.3 is 5.97 Å². The van der Waals surface area contributed by atoms with E-state index in [2.05, 4.69) is 5.32 Å². The van der Waals surface area contributed by atoms with Crippen molar-refractivity contribution in [3.05, 3.63) is 29.8 Å². The maximum Gasteiger partial charge on any atom is 0.306 e. The van der Waals surface area contributed by atoms with Crippen molar-refractivity contribution in [2.75, 3.05) is 18.4 Å². The summed E-state index contributed by atoms with van der Waals surface area (Å²) < 4.78 is 0. The van der Waals surface area contributed by atoms with E-state index in [9.17, 15) is 14.4 Å². The van der Waals surface area contributed by atoms with Gasteiger partial charge in [-0.15, -0.1) is 0 Å².